The summed E-state index contributed by atoms with van der Waals surface area (Å²) in [5.74, 6) is -0.835. The standard InChI is InChI=1S/C16H17NO2/c18-16(19)11-6-7-12-13-5-1-3-10-4-2-8-17(15(10)13)14(12)9-11/h1,3,5,11H,2,4,6-9H2,(H,18,19). The van der Waals surface area contributed by atoms with E-state index in [9.17, 15) is 9.90 Å². The Morgan fingerprint density at radius 3 is 3.05 bits per heavy atom. The molecule has 2 aromatic rings. The lowest BCUT2D eigenvalue weighted by atomic mass is 9.87. The number of aromatic nitrogens is 1. The second kappa shape index (κ2) is 3.86. The molecule has 0 amide bonds. The first-order valence-electron chi connectivity index (χ1n) is 7.10. The SMILES string of the molecule is O=C(O)C1CCc2c(n3c4c(cccc24)CCC3)C1. The molecule has 0 spiro atoms. The smallest absolute Gasteiger partial charge is 0.306 e. The van der Waals surface area contributed by atoms with E-state index in [-0.39, 0.29) is 5.92 Å². The number of nitrogens with zero attached hydrogens (tertiary/aromatic N) is 1. The van der Waals surface area contributed by atoms with Crippen LogP contribution < -0.4 is 0 Å². The second-order valence-corrected chi connectivity index (χ2v) is 5.77. The largest absolute Gasteiger partial charge is 0.481 e. The molecule has 1 unspecified atom stereocenters. The first-order chi connectivity index (χ1) is 9.25. The van der Waals surface area contributed by atoms with E-state index < -0.39 is 5.97 Å². The normalized spacial score (nSPS) is 21.4. The third-order valence-corrected chi connectivity index (χ3v) is 4.75. The van der Waals surface area contributed by atoms with Gasteiger partial charge in [-0.2, -0.15) is 0 Å². The van der Waals surface area contributed by atoms with Crippen LogP contribution in [-0.4, -0.2) is 15.6 Å². The van der Waals surface area contributed by atoms with Crippen LogP contribution in [-0.2, 0) is 30.6 Å². The van der Waals surface area contributed by atoms with Gasteiger partial charge in [0, 0.05) is 24.0 Å². The topological polar surface area (TPSA) is 42.2 Å². The molecule has 1 N–H and O–H groups in total. The lowest BCUT2D eigenvalue weighted by Gasteiger charge is -2.22. The first kappa shape index (κ1) is 11.1. The number of rotatable bonds is 1. The van der Waals surface area contributed by atoms with Gasteiger partial charge in [0.05, 0.1) is 11.4 Å². The second-order valence-electron chi connectivity index (χ2n) is 5.77. The molecule has 0 saturated carbocycles. The predicted octanol–water partition coefficient (Wildman–Crippen LogP) is 2.78. The number of carbonyl (C=O) groups is 1. The van der Waals surface area contributed by atoms with E-state index in [4.69, 9.17) is 0 Å². The van der Waals surface area contributed by atoms with Gasteiger partial charge in [-0.05, 0) is 36.8 Å². The Morgan fingerprint density at radius 2 is 2.21 bits per heavy atom. The molecule has 1 aromatic carbocycles. The van der Waals surface area contributed by atoms with Gasteiger partial charge in [-0.3, -0.25) is 4.79 Å². The Kier molecular flexibility index (Phi) is 2.25. The van der Waals surface area contributed by atoms with Crippen LogP contribution in [0.4, 0.5) is 0 Å². The van der Waals surface area contributed by atoms with E-state index in [2.05, 4.69) is 22.8 Å². The molecular weight excluding hydrogens is 238 g/mol. The maximum atomic E-state index is 11.3. The Balaban J connectivity index is 1.96. The van der Waals surface area contributed by atoms with Gasteiger partial charge in [0.25, 0.3) is 0 Å². The van der Waals surface area contributed by atoms with Crippen molar-refractivity contribution in [2.75, 3.05) is 0 Å². The van der Waals surface area contributed by atoms with Crippen LogP contribution in [0.1, 0.15) is 29.7 Å². The summed E-state index contributed by atoms with van der Waals surface area (Å²) in [4.78, 5) is 11.3. The van der Waals surface area contributed by atoms with Crippen molar-refractivity contribution in [2.24, 2.45) is 5.92 Å². The molecule has 1 aromatic heterocycles. The van der Waals surface area contributed by atoms with Crippen LogP contribution >= 0.6 is 0 Å². The lowest BCUT2D eigenvalue weighted by molar-refractivity contribution is -0.142. The molecule has 2 heterocycles. The van der Waals surface area contributed by atoms with Crippen LogP contribution in [0, 0.1) is 5.92 Å². The van der Waals surface area contributed by atoms with Gasteiger partial charge < -0.3 is 9.67 Å². The number of benzene rings is 1. The first-order valence-corrected chi connectivity index (χ1v) is 7.10. The maximum Gasteiger partial charge on any atom is 0.306 e. The van der Waals surface area contributed by atoms with Crippen molar-refractivity contribution in [3.05, 3.63) is 35.0 Å². The molecule has 1 aliphatic carbocycles. The van der Waals surface area contributed by atoms with Gasteiger partial charge >= 0.3 is 5.97 Å². The van der Waals surface area contributed by atoms with E-state index in [0.29, 0.717) is 6.42 Å². The van der Waals surface area contributed by atoms with Crippen molar-refractivity contribution in [2.45, 2.75) is 38.6 Å². The summed E-state index contributed by atoms with van der Waals surface area (Å²) in [6.07, 6.45) is 4.73. The highest BCUT2D eigenvalue weighted by atomic mass is 16.4. The number of fused-ring (bicyclic) bond motifs is 3. The zero-order chi connectivity index (χ0) is 13.0. The third kappa shape index (κ3) is 1.47. The summed E-state index contributed by atoms with van der Waals surface area (Å²) >= 11 is 0. The van der Waals surface area contributed by atoms with E-state index >= 15 is 0 Å². The fourth-order valence-electron chi connectivity index (χ4n) is 3.86. The molecule has 3 heteroatoms. The summed E-state index contributed by atoms with van der Waals surface area (Å²) in [6.45, 7) is 1.05. The van der Waals surface area contributed by atoms with Gasteiger partial charge in [-0.15, -0.1) is 0 Å². The van der Waals surface area contributed by atoms with Crippen molar-refractivity contribution in [3.8, 4) is 0 Å². The van der Waals surface area contributed by atoms with Gasteiger partial charge in [-0.25, -0.2) is 0 Å². The average molecular weight is 255 g/mol. The minimum absolute atomic E-state index is 0.196. The van der Waals surface area contributed by atoms with Gasteiger partial charge in [0.1, 0.15) is 0 Å². The number of carboxylic acids is 1. The van der Waals surface area contributed by atoms with Crippen molar-refractivity contribution in [1.82, 2.24) is 4.57 Å². The molecule has 1 atom stereocenters. The number of para-hydroxylation sites is 1. The Bertz CT molecular complexity index is 684. The monoisotopic (exact) mass is 255 g/mol. The fourth-order valence-corrected chi connectivity index (χ4v) is 3.86. The summed E-state index contributed by atoms with van der Waals surface area (Å²) in [5.41, 5.74) is 5.52. The molecule has 3 nitrogen and oxygen atoms in total. The molecule has 0 fully saturated rings. The number of carboxylic acid groups (broad SMARTS) is 1. The predicted molar refractivity (Wildman–Crippen MR) is 73.4 cm³/mol. The van der Waals surface area contributed by atoms with E-state index in [1.807, 2.05) is 0 Å². The third-order valence-electron chi connectivity index (χ3n) is 4.75. The summed E-state index contributed by atoms with van der Waals surface area (Å²) in [7, 11) is 0. The lowest BCUT2D eigenvalue weighted by Crippen LogP contribution is -2.24. The van der Waals surface area contributed by atoms with Gasteiger partial charge in [-0.1, -0.05) is 18.2 Å². The molecule has 0 saturated heterocycles. The minimum atomic E-state index is -0.639. The van der Waals surface area contributed by atoms with Crippen LogP contribution in [0.25, 0.3) is 10.9 Å². The van der Waals surface area contributed by atoms with Crippen LogP contribution in [0.5, 0.6) is 0 Å². The maximum absolute atomic E-state index is 11.3. The van der Waals surface area contributed by atoms with Crippen LogP contribution in [0.2, 0.25) is 0 Å². The zero-order valence-corrected chi connectivity index (χ0v) is 10.9. The molecule has 0 radical (unpaired) electrons. The molecule has 19 heavy (non-hydrogen) atoms. The number of aryl methyl sites for hydroxylation is 3. The van der Waals surface area contributed by atoms with E-state index in [1.54, 1.807) is 0 Å². The number of hydrogen-bond donors (Lipinski definition) is 1. The molecule has 0 bridgehead atoms. The molecule has 98 valence electrons. The zero-order valence-electron chi connectivity index (χ0n) is 10.9. The number of aliphatic carboxylic acids is 1. The van der Waals surface area contributed by atoms with Crippen molar-refractivity contribution < 1.29 is 9.90 Å². The van der Waals surface area contributed by atoms with Gasteiger partial charge in [0.15, 0.2) is 0 Å². The van der Waals surface area contributed by atoms with Crippen molar-refractivity contribution in [1.29, 1.82) is 0 Å². The number of hydrogen-bond acceptors (Lipinski definition) is 1. The highest BCUT2D eigenvalue weighted by Gasteiger charge is 2.30. The Morgan fingerprint density at radius 1 is 1.32 bits per heavy atom. The Hall–Kier alpha value is -1.77. The Labute approximate surface area is 111 Å². The van der Waals surface area contributed by atoms with E-state index in [0.717, 1.165) is 25.8 Å². The highest BCUT2D eigenvalue weighted by molar-refractivity contribution is 5.89. The van der Waals surface area contributed by atoms with Crippen LogP contribution in [0.3, 0.4) is 0 Å². The van der Waals surface area contributed by atoms with Crippen molar-refractivity contribution in [3.63, 3.8) is 0 Å². The summed E-state index contributed by atoms with van der Waals surface area (Å²) in [6, 6.07) is 6.58. The molecular formula is C16H17NO2. The van der Waals surface area contributed by atoms with Gasteiger partial charge in [0.2, 0.25) is 0 Å². The summed E-state index contributed by atoms with van der Waals surface area (Å²) < 4.78 is 2.40. The quantitative estimate of drug-likeness (QED) is 0.851. The highest BCUT2D eigenvalue weighted by Crippen LogP contribution is 2.38. The van der Waals surface area contributed by atoms with E-state index in [1.165, 1.54) is 34.1 Å². The molecule has 4 rings (SSSR count). The molecule has 1 aliphatic heterocycles. The minimum Gasteiger partial charge on any atom is -0.481 e. The van der Waals surface area contributed by atoms with Crippen LogP contribution in [0.15, 0.2) is 18.2 Å². The van der Waals surface area contributed by atoms with Crippen molar-refractivity contribution >= 4 is 16.9 Å². The summed E-state index contributed by atoms with van der Waals surface area (Å²) in [5, 5.41) is 10.6. The average Bonchev–Trinajstić information content (AvgIpc) is 2.76. The molecule has 2 aliphatic rings. The fraction of sp³-hybridized carbons (Fsp3) is 0.438.